The minimum atomic E-state index is -1.79. The third kappa shape index (κ3) is 28.4. The van der Waals surface area contributed by atoms with E-state index in [1.165, 1.54) is 128 Å². The van der Waals surface area contributed by atoms with Crippen molar-refractivity contribution in [1.82, 2.24) is 5.32 Å². The Morgan fingerprint density at radius 1 is 0.514 bits per heavy atom. The second-order valence-electron chi connectivity index (χ2n) is 19.7. The minimum absolute atomic E-state index is 0.253. The first-order valence-corrected chi connectivity index (χ1v) is 27.9. The fourth-order valence-corrected chi connectivity index (χ4v) is 8.92. The van der Waals surface area contributed by atoms with E-state index >= 15 is 0 Å². The van der Waals surface area contributed by atoms with Gasteiger partial charge in [0.05, 0.1) is 32.0 Å². The van der Waals surface area contributed by atoms with Crippen LogP contribution in [-0.2, 0) is 23.7 Å². The zero-order valence-corrected chi connectivity index (χ0v) is 43.5. The smallest absolute Gasteiger partial charge is 0.220 e. The lowest BCUT2D eigenvalue weighted by atomic mass is 9.97. The van der Waals surface area contributed by atoms with Crippen LogP contribution in [0.4, 0.5) is 0 Å². The van der Waals surface area contributed by atoms with E-state index in [1.807, 2.05) is 6.08 Å². The fraction of sp³-hybridized carbons (Fsp3) is 0.839. The molecule has 0 aromatic rings. The number of rotatable bonds is 43. The van der Waals surface area contributed by atoms with Crippen LogP contribution >= 0.6 is 0 Å². The van der Waals surface area contributed by atoms with Crippen LogP contribution in [-0.4, -0.2) is 140 Å². The molecule has 0 radical (unpaired) electrons. The molecule has 0 aromatic heterocycles. The number of hydrogen-bond donors (Lipinski definition) is 9. The Morgan fingerprint density at radius 2 is 0.957 bits per heavy atom. The Labute approximate surface area is 423 Å². The lowest BCUT2D eigenvalue weighted by molar-refractivity contribution is -0.359. The van der Waals surface area contributed by atoms with E-state index in [4.69, 9.17) is 18.9 Å². The standard InChI is InChI=1S/C56H101NO13/c1-3-5-7-9-11-13-14-15-16-17-18-19-20-21-22-23-24-25-26-27-28-29-30-32-34-36-38-40-48(61)57-44(45(60)39-37-35-33-31-12-10-8-6-4-2)43-67-55-53(66)51(64)54(47(42-59)69-55)70-56-52(65)50(63)49(62)46(41-58)68-56/h12,14-15,17-18,31,37,39,44-47,49-56,58-60,62-66H,3-11,13,16,19-30,32-36,38,40-43H2,1-2H3,(H,57,61)/b15-14-,18-17-,31-12+,39-37+. The molecule has 2 aliphatic rings. The number of aliphatic hydroxyl groups is 8. The lowest BCUT2D eigenvalue weighted by Gasteiger charge is -2.46. The summed E-state index contributed by atoms with van der Waals surface area (Å²) in [5.41, 5.74) is 0. The monoisotopic (exact) mass is 996 g/mol. The first-order chi connectivity index (χ1) is 34.1. The summed E-state index contributed by atoms with van der Waals surface area (Å²) in [7, 11) is 0. The highest BCUT2D eigenvalue weighted by molar-refractivity contribution is 5.76. The SMILES string of the molecule is CCCCC/C=C/CC/C=C/C(O)C(COC1OC(CO)C(OC2OC(CO)C(O)C(O)C2O)C(O)C1O)NC(=O)CCCCCCCCCCCCCCCCC/C=C\C/C=C\CCCCCCC. The maximum Gasteiger partial charge on any atom is 0.220 e. The zero-order chi connectivity index (χ0) is 51.0. The third-order valence-corrected chi connectivity index (χ3v) is 13.5. The summed E-state index contributed by atoms with van der Waals surface area (Å²) in [6.07, 6.45) is 34.7. The van der Waals surface area contributed by atoms with Crippen LogP contribution in [0.1, 0.15) is 206 Å². The summed E-state index contributed by atoms with van der Waals surface area (Å²) in [6.45, 7) is 2.70. The molecule has 12 atom stereocenters. The summed E-state index contributed by atoms with van der Waals surface area (Å²) in [6, 6.07) is -0.929. The van der Waals surface area contributed by atoms with Gasteiger partial charge >= 0.3 is 0 Å². The van der Waals surface area contributed by atoms with Crippen LogP contribution < -0.4 is 5.32 Å². The van der Waals surface area contributed by atoms with Gasteiger partial charge in [-0.05, 0) is 64.2 Å². The van der Waals surface area contributed by atoms with E-state index in [-0.39, 0.29) is 18.9 Å². The number of ether oxygens (including phenoxy) is 4. The molecule has 2 heterocycles. The number of carbonyl (C=O) groups is 1. The molecule has 0 bridgehead atoms. The molecule has 1 amide bonds. The van der Waals surface area contributed by atoms with Crippen LogP contribution in [0.25, 0.3) is 0 Å². The van der Waals surface area contributed by atoms with Crippen molar-refractivity contribution in [3.63, 3.8) is 0 Å². The number of hydrogen-bond acceptors (Lipinski definition) is 13. The molecule has 12 unspecified atom stereocenters. The van der Waals surface area contributed by atoms with E-state index in [9.17, 15) is 45.6 Å². The van der Waals surface area contributed by atoms with Gasteiger partial charge in [-0.2, -0.15) is 0 Å². The van der Waals surface area contributed by atoms with Crippen LogP contribution in [0.15, 0.2) is 48.6 Å². The molecule has 2 aliphatic heterocycles. The summed E-state index contributed by atoms with van der Waals surface area (Å²) >= 11 is 0. The van der Waals surface area contributed by atoms with Crippen LogP contribution in [0.5, 0.6) is 0 Å². The van der Waals surface area contributed by atoms with Crippen molar-refractivity contribution in [2.75, 3.05) is 19.8 Å². The second kappa shape index (κ2) is 42.3. The molecule has 2 fully saturated rings. The summed E-state index contributed by atoms with van der Waals surface area (Å²) in [5, 5.41) is 86.6. The van der Waals surface area contributed by atoms with Crippen molar-refractivity contribution < 1.29 is 64.6 Å². The molecule has 14 nitrogen and oxygen atoms in total. The average Bonchev–Trinajstić information content (AvgIpc) is 3.36. The van der Waals surface area contributed by atoms with E-state index in [0.717, 1.165) is 44.9 Å². The number of amides is 1. The molecule has 0 spiro atoms. The van der Waals surface area contributed by atoms with E-state index in [2.05, 4.69) is 55.6 Å². The van der Waals surface area contributed by atoms with Gasteiger partial charge in [0.2, 0.25) is 5.91 Å². The zero-order valence-electron chi connectivity index (χ0n) is 43.5. The first kappa shape index (κ1) is 64.1. The highest BCUT2D eigenvalue weighted by Gasteiger charge is 2.51. The van der Waals surface area contributed by atoms with Crippen molar-refractivity contribution in [2.24, 2.45) is 0 Å². The van der Waals surface area contributed by atoms with Gasteiger partial charge in [0.1, 0.15) is 48.8 Å². The van der Waals surface area contributed by atoms with Gasteiger partial charge in [0, 0.05) is 6.42 Å². The molecule has 70 heavy (non-hydrogen) atoms. The van der Waals surface area contributed by atoms with Crippen molar-refractivity contribution in [2.45, 2.75) is 280 Å². The van der Waals surface area contributed by atoms with E-state index in [1.54, 1.807) is 6.08 Å². The largest absolute Gasteiger partial charge is 0.394 e. The molecule has 2 saturated heterocycles. The molecule has 0 aromatic carbocycles. The number of allylic oxidation sites excluding steroid dienone is 7. The van der Waals surface area contributed by atoms with Crippen molar-refractivity contribution in [3.05, 3.63) is 48.6 Å². The van der Waals surface area contributed by atoms with Gasteiger partial charge < -0.3 is 65.1 Å². The Bertz CT molecular complexity index is 1360. The van der Waals surface area contributed by atoms with Crippen molar-refractivity contribution >= 4 is 5.91 Å². The fourth-order valence-electron chi connectivity index (χ4n) is 8.92. The summed E-state index contributed by atoms with van der Waals surface area (Å²) < 4.78 is 22.6. The van der Waals surface area contributed by atoms with Crippen LogP contribution in [0.3, 0.4) is 0 Å². The third-order valence-electron chi connectivity index (χ3n) is 13.5. The van der Waals surface area contributed by atoms with Crippen molar-refractivity contribution in [1.29, 1.82) is 0 Å². The molecule has 0 aliphatic carbocycles. The van der Waals surface area contributed by atoms with Gasteiger partial charge in [-0.15, -0.1) is 0 Å². The van der Waals surface area contributed by atoms with Gasteiger partial charge in [-0.1, -0.05) is 184 Å². The van der Waals surface area contributed by atoms with Gasteiger partial charge in [-0.3, -0.25) is 4.79 Å². The number of unbranched alkanes of at least 4 members (excludes halogenated alkanes) is 24. The average molecular weight is 996 g/mol. The predicted octanol–water partition coefficient (Wildman–Crippen LogP) is 8.44. The lowest BCUT2D eigenvalue weighted by Crippen LogP contribution is -2.65. The number of nitrogens with one attached hydrogen (secondary N) is 1. The number of carbonyl (C=O) groups excluding carboxylic acids is 1. The quantitative estimate of drug-likeness (QED) is 0.0207. The Hall–Kier alpha value is -2.05. The minimum Gasteiger partial charge on any atom is -0.394 e. The summed E-state index contributed by atoms with van der Waals surface area (Å²) in [4.78, 5) is 13.2. The molecular formula is C56H101NO13. The van der Waals surface area contributed by atoms with Crippen LogP contribution in [0, 0.1) is 0 Å². The Kier molecular flexibility index (Phi) is 38.7. The maximum absolute atomic E-state index is 13.2. The predicted molar refractivity (Wildman–Crippen MR) is 277 cm³/mol. The Balaban J connectivity index is 1.68. The first-order valence-electron chi connectivity index (χ1n) is 27.9. The van der Waals surface area contributed by atoms with Gasteiger partial charge in [0.25, 0.3) is 0 Å². The highest BCUT2D eigenvalue weighted by Crippen LogP contribution is 2.30. The number of aliphatic hydroxyl groups excluding tert-OH is 8. The Morgan fingerprint density at radius 3 is 1.51 bits per heavy atom. The maximum atomic E-state index is 13.2. The highest BCUT2D eigenvalue weighted by atomic mass is 16.7. The van der Waals surface area contributed by atoms with Crippen molar-refractivity contribution in [3.8, 4) is 0 Å². The van der Waals surface area contributed by atoms with E-state index < -0.39 is 86.8 Å². The molecule has 14 heteroatoms. The molecule has 9 N–H and O–H groups in total. The van der Waals surface area contributed by atoms with E-state index in [0.29, 0.717) is 12.8 Å². The second-order valence-corrected chi connectivity index (χ2v) is 19.7. The normalized spacial score (nSPS) is 26.3. The van der Waals surface area contributed by atoms with Crippen LogP contribution in [0.2, 0.25) is 0 Å². The molecule has 0 saturated carbocycles. The molecule has 2 rings (SSSR count). The molecular weight excluding hydrogens is 895 g/mol. The van der Waals surface area contributed by atoms with Gasteiger partial charge in [-0.25, -0.2) is 0 Å². The topological polar surface area (TPSA) is 228 Å². The summed E-state index contributed by atoms with van der Waals surface area (Å²) in [5.74, 6) is -0.253. The van der Waals surface area contributed by atoms with Gasteiger partial charge in [0.15, 0.2) is 12.6 Å². The molecule has 408 valence electrons.